The van der Waals surface area contributed by atoms with E-state index in [4.69, 9.17) is 4.74 Å². The predicted molar refractivity (Wildman–Crippen MR) is 94.0 cm³/mol. The molecule has 7 nitrogen and oxygen atoms in total. The Kier molecular flexibility index (Phi) is 6.28. The van der Waals surface area contributed by atoms with Gasteiger partial charge in [0.25, 0.3) is 0 Å². The van der Waals surface area contributed by atoms with Gasteiger partial charge in [-0.2, -0.15) is 17.5 Å². The van der Waals surface area contributed by atoms with Crippen molar-refractivity contribution in [1.29, 1.82) is 0 Å². The molecule has 0 aromatic heterocycles. The molecule has 28 heavy (non-hydrogen) atoms. The fourth-order valence-corrected chi connectivity index (χ4v) is 4.93. The monoisotopic (exact) mass is 421 g/mol. The highest BCUT2D eigenvalue weighted by molar-refractivity contribution is 7.89. The smallest absolute Gasteiger partial charge is 0.378 e. The van der Waals surface area contributed by atoms with Gasteiger partial charge in [0.2, 0.25) is 15.9 Å². The van der Waals surface area contributed by atoms with Gasteiger partial charge in [0, 0.05) is 39.3 Å². The molecule has 0 unspecified atom stereocenters. The summed E-state index contributed by atoms with van der Waals surface area (Å²) in [5, 5.41) is 0. The van der Waals surface area contributed by atoms with Crippen LogP contribution < -0.4 is 0 Å². The molecule has 2 heterocycles. The number of hydrogen-bond acceptors (Lipinski definition) is 5. The van der Waals surface area contributed by atoms with Crippen LogP contribution in [0.3, 0.4) is 0 Å². The van der Waals surface area contributed by atoms with Gasteiger partial charge in [0.1, 0.15) is 0 Å². The summed E-state index contributed by atoms with van der Waals surface area (Å²) < 4.78 is 71.3. The minimum absolute atomic E-state index is 0.0327. The fourth-order valence-electron chi connectivity index (χ4n) is 3.30. The lowest BCUT2D eigenvalue weighted by Gasteiger charge is -2.35. The van der Waals surface area contributed by atoms with E-state index in [0.717, 1.165) is 22.5 Å². The summed E-state index contributed by atoms with van der Waals surface area (Å²) in [6.45, 7) is 2.84. The zero-order chi connectivity index (χ0) is 20.4. The number of hydrogen-bond donors (Lipinski definition) is 0. The Bertz CT molecular complexity index is 802. The molecule has 0 spiro atoms. The number of nitrogens with zero attached hydrogens (tertiary/aromatic N) is 3. The van der Waals surface area contributed by atoms with Crippen LogP contribution in [0.2, 0.25) is 0 Å². The van der Waals surface area contributed by atoms with Gasteiger partial charge in [0.15, 0.2) is 0 Å². The van der Waals surface area contributed by atoms with E-state index < -0.39 is 26.7 Å². The molecule has 2 aliphatic rings. The normalized spacial score (nSPS) is 20.3. The van der Waals surface area contributed by atoms with Crippen molar-refractivity contribution >= 4 is 15.9 Å². The summed E-state index contributed by atoms with van der Waals surface area (Å²) in [5.41, 5.74) is -1.17. The lowest BCUT2D eigenvalue weighted by molar-refractivity contribution is -0.140. The number of benzene rings is 1. The number of alkyl halides is 3. The molecule has 0 radical (unpaired) electrons. The Morgan fingerprint density at radius 2 is 1.61 bits per heavy atom. The van der Waals surface area contributed by atoms with E-state index in [1.54, 1.807) is 4.90 Å². The fraction of sp³-hybridized carbons (Fsp3) is 0.588. The molecule has 1 aromatic carbocycles. The SMILES string of the molecule is O=C(CN1CCN(S(=O)(=O)c2ccccc2C(F)(F)F)CC1)N1CCOCC1. The molecular weight excluding hydrogens is 399 g/mol. The first kappa shape index (κ1) is 21.0. The topological polar surface area (TPSA) is 70.2 Å². The number of carbonyl (C=O) groups excluding carboxylic acids is 1. The van der Waals surface area contributed by atoms with Crippen LogP contribution >= 0.6 is 0 Å². The van der Waals surface area contributed by atoms with Gasteiger partial charge >= 0.3 is 6.18 Å². The number of morpholine rings is 1. The quantitative estimate of drug-likeness (QED) is 0.722. The molecule has 2 saturated heterocycles. The third kappa shape index (κ3) is 4.65. The molecule has 1 aromatic rings. The van der Waals surface area contributed by atoms with Crippen LogP contribution in [0.15, 0.2) is 29.2 Å². The van der Waals surface area contributed by atoms with Gasteiger partial charge in [-0.15, -0.1) is 0 Å². The standard InChI is InChI=1S/C17H22F3N3O4S/c18-17(19,20)14-3-1-2-4-15(14)28(25,26)23-7-5-21(6-8-23)13-16(24)22-9-11-27-12-10-22/h1-4H,5-13H2. The van der Waals surface area contributed by atoms with Crippen molar-refractivity contribution in [2.45, 2.75) is 11.1 Å². The van der Waals surface area contributed by atoms with Crippen LogP contribution in [0.4, 0.5) is 13.2 Å². The van der Waals surface area contributed by atoms with Gasteiger partial charge in [0.05, 0.1) is 30.2 Å². The Morgan fingerprint density at radius 1 is 1.00 bits per heavy atom. The number of rotatable bonds is 4. The second-order valence-corrected chi connectivity index (χ2v) is 8.57. The highest BCUT2D eigenvalue weighted by Crippen LogP contribution is 2.35. The Morgan fingerprint density at radius 3 is 2.21 bits per heavy atom. The van der Waals surface area contributed by atoms with Gasteiger partial charge < -0.3 is 9.64 Å². The highest BCUT2D eigenvalue weighted by atomic mass is 32.2. The molecule has 0 bridgehead atoms. The van der Waals surface area contributed by atoms with Crippen molar-refractivity contribution in [2.75, 3.05) is 59.0 Å². The van der Waals surface area contributed by atoms with Crippen molar-refractivity contribution < 1.29 is 31.1 Å². The molecule has 2 fully saturated rings. The third-order valence-corrected chi connectivity index (χ3v) is 6.82. The van der Waals surface area contributed by atoms with Gasteiger partial charge in [-0.3, -0.25) is 9.69 Å². The minimum Gasteiger partial charge on any atom is -0.378 e. The number of sulfonamides is 1. The average Bonchev–Trinajstić information content (AvgIpc) is 2.68. The molecule has 1 amide bonds. The van der Waals surface area contributed by atoms with Crippen LogP contribution in [0.5, 0.6) is 0 Å². The van der Waals surface area contributed by atoms with E-state index in [2.05, 4.69) is 0 Å². The molecule has 0 saturated carbocycles. The summed E-state index contributed by atoms with van der Waals surface area (Å²) in [4.78, 5) is 15.1. The van der Waals surface area contributed by atoms with Crippen molar-refractivity contribution in [2.24, 2.45) is 0 Å². The summed E-state index contributed by atoms with van der Waals surface area (Å²) in [6, 6.07) is 4.19. The summed E-state index contributed by atoms with van der Waals surface area (Å²) in [7, 11) is -4.27. The lowest BCUT2D eigenvalue weighted by atomic mass is 10.2. The van der Waals surface area contributed by atoms with Gasteiger partial charge in [-0.1, -0.05) is 12.1 Å². The molecule has 0 atom stereocenters. The molecular formula is C17H22F3N3O4S. The maximum Gasteiger partial charge on any atom is 0.417 e. The first-order valence-electron chi connectivity index (χ1n) is 8.94. The van der Waals surface area contributed by atoms with Gasteiger partial charge in [-0.25, -0.2) is 8.42 Å². The maximum absolute atomic E-state index is 13.2. The molecule has 0 aliphatic carbocycles. The van der Waals surface area contributed by atoms with Crippen LogP contribution in [-0.2, 0) is 25.7 Å². The molecule has 2 aliphatic heterocycles. The van der Waals surface area contributed by atoms with Gasteiger partial charge in [-0.05, 0) is 12.1 Å². The van der Waals surface area contributed by atoms with E-state index in [1.165, 1.54) is 6.07 Å². The largest absolute Gasteiger partial charge is 0.417 e. The zero-order valence-corrected chi connectivity index (χ0v) is 16.0. The Hall–Kier alpha value is -1.69. The number of piperazine rings is 1. The lowest BCUT2D eigenvalue weighted by Crippen LogP contribution is -2.52. The van der Waals surface area contributed by atoms with Crippen molar-refractivity contribution in [1.82, 2.24) is 14.1 Å². The molecule has 11 heteroatoms. The average molecular weight is 421 g/mol. The number of carbonyl (C=O) groups is 1. The number of ether oxygens (including phenoxy) is 1. The van der Waals surface area contributed by atoms with E-state index in [-0.39, 0.29) is 38.6 Å². The number of amides is 1. The van der Waals surface area contributed by atoms with Crippen molar-refractivity contribution in [3.63, 3.8) is 0 Å². The molecule has 0 N–H and O–H groups in total. The number of halogens is 3. The second kappa shape index (κ2) is 8.36. The van der Waals surface area contributed by atoms with Crippen molar-refractivity contribution in [3.05, 3.63) is 29.8 Å². The van der Waals surface area contributed by atoms with E-state index in [9.17, 15) is 26.4 Å². The molecule has 3 rings (SSSR count). The van der Waals surface area contributed by atoms with Crippen LogP contribution in [-0.4, -0.2) is 87.5 Å². The summed E-state index contributed by atoms with van der Waals surface area (Å²) >= 11 is 0. The van der Waals surface area contributed by atoms with E-state index >= 15 is 0 Å². The molecule has 156 valence electrons. The highest BCUT2D eigenvalue weighted by Gasteiger charge is 2.39. The van der Waals surface area contributed by atoms with Crippen LogP contribution in [0.1, 0.15) is 5.56 Å². The Balaban J connectivity index is 1.64. The van der Waals surface area contributed by atoms with Crippen LogP contribution in [0, 0.1) is 0 Å². The van der Waals surface area contributed by atoms with E-state index in [1.807, 2.05) is 4.90 Å². The van der Waals surface area contributed by atoms with E-state index in [0.29, 0.717) is 26.3 Å². The minimum atomic E-state index is -4.75. The third-order valence-electron chi connectivity index (χ3n) is 4.86. The maximum atomic E-state index is 13.2. The van der Waals surface area contributed by atoms with Crippen LogP contribution in [0.25, 0.3) is 0 Å². The Labute approximate surface area is 161 Å². The first-order valence-corrected chi connectivity index (χ1v) is 10.4. The summed E-state index contributed by atoms with van der Waals surface area (Å²) in [5.74, 6) is -0.0537. The zero-order valence-electron chi connectivity index (χ0n) is 15.2. The summed E-state index contributed by atoms with van der Waals surface area (Å²) in [6.07, 6.45) is -4.75. The predicted octanol–water partition coefficient (Wildman–Crippen LogP) is 0.870. The van der Waals surface area contributed by atoms with Crippen molar-refractivity contribution in [3.8, 4) is 0 Å². The first-order chi connectivity index (χ1) is 13.2. The second-order valence-electron chi connectivity index (χ2n) is 6.67.